The Morgan fingerprint density at radius 2 is 1.82 bits per heavy atom. The van der Waals surface area contributed by atoms with Gasteiger partial charge in [-0.1, -0.05) is 51.1 Å². The molecule has 2 N–H and O–H groups in total. The van der Waals surface area contributed by atoms with Crippen LogP contribution in [0.1, 0.15) is 32.3 Å². The average Bonchev–Trinajstić information content (AvgIpc) is 2.29. The van der Waals surface area contributed by atoms with E-state index in [1.807, 2.05) is 32.0 Å². The highest BCUT2D eigenvalue weighted by Crippen LogP contribution is 2.14. The lowest BCUT2D eigenvalue weighted by molar-refractivity contribution is -0.140. The Bertz CT molecular complexity index is 348. The van der Waals surface area contributed by atoms with Gasteiger partial charge in [0, 0.05) is 6.54 Å². The quantitative estimate of drug-likeness (QED) is 0.796. The minimum atomic E-state index is -0.778. The second-order valence-corrected chi connectivity index (χ2v) is 4.78. The maximum absolute atomic E-state index is 11.0. The molecule has 1 unspecified atom stereocenters. The smallest absolute Gasteiger partial charge is 0.320 e. The SMILES string of the molecule is CC(CN[C@@H](C(=O)O)C(C)C)c1ccccc1. The van der Waals surface area contributed by atoms with Crippen LogP contribution in [0.3, 0.4) is 0 Å². The zero-order chi connectivity index (χ0) is 12.8. The van der Waals surface area contributed by atoms with Gasteiger partial charge in [0.15, 0.2) is 0 Å². The molecule has 0 heterocycles. The van der Waals surface area contributed by atoms with Gasteiger partial charge in [-0.2, -0.15) is 0 Å². The van der Waals surface area contributed by atoms with Gasteiger partial charge in [0.25, 0.3) is 0 Å². The number of hydrogen-bond acceptors (Lipinski definition) is 2. The summed E-state index contributed by atoms with van der Waals surface area (Å²) in [7, 11) is 0. The van der Waals surface area contributed by atoms with Crippen molar-refractivity contribution in [2.24, 2.45) is 5.92 Å². The van der Waals surface area contributed by atoms with E-state index in [1.54, 1.807) is 0 Å². The Morgan fingerprint density at radius 3 is 2.29 bits per heavy atom. The standard InChI is InChI=1S/C14H21NO2/c1-10(2)13(14(16)17)15-9-11(3)12-7-5-4-6-8-12/h4-8,10-11,13,15H,9H2,1-3H3,(H,16,17)/t11?,13-/m1/s1. The third-order valence-electron chi connectivity index (χ3n) is 2.95. The van der Waals surface area contributed by atoms with E-state index in [2.05, 4.69) is 24.4 Å². The lowest BCUT2D eigenvalue weighted by Crippen LogP contribution is -2.42. The van der Waals surface area contributed by atoms with Crippen LogP contribution < -0.4 is 5.32 Å². The number of benzene rings is 1. The van der Waals surface area contributed by atoms with E-state index in [0.29, 0.717) is 12.5 Å². The first-order valence-electron chi connectivity index (χ1n) is 6.03. The summed E-state index contributed by atoms with van der Waals surface area (Å²) in [5.74, 6) is -0.368. The lowest BCUT2D eigenvalue weighted by atomic mass is 9.99. The van der Waals surface area contributed by atoms with Crippen LogP contribution in [-0.2, 0) is 4.79 Å². The molecular weight excluding hydrogens is 214 g/mol. The van der Waals surface area contributed by atoms with Gasteiger partial charge in [-0.3, -0.25) is 4.79 Å². The van der Waals surface area contributed by atoms with Gasteiger partial charge < -0.3 is 10.4 Å². The Hall–Kier alpha value is -1.35. The molecule has 0 aliphatic heterocycles. The minimum absolute atomic E-state index is 0.0930. The van der Waals surface area contributed by atoms with E-state index in [1.165, 1.54) is 5.56 Å². The van der Waals surface area contributed by atoms with Crippen LogP contribution in [0.15, 0.2) is 30.3 Å². The zero-order valence-corrected chi connectivity index (χ0v) is 10.7. The molecule has 1 aromatic carbocycles. The van der Waals surface area contributed by atoms with Crippen LogP contribution in [0.4, 0.5) is 0 Å². The van der Waals surface area contributed by atoms with E-state index in [9.17, 15) is 4.79 Å². The van der Waals surface area contributed by atoms with Crippen molar-refractivity contribution in [3.8, 4) is 0 Å². The van der Waals surface area contributed by atoms with Crippen LogP contribution in [0.2, 0.25) is 0 Å². The number of carbonyl (C=O) groups is 1. The molecule has 0 aromatic heterocycles. The second-order valence-electron chi connectivity index (χ2n) is 4.78. The molecule has 3 nitrogen and oxygen atoms in total. The van der Waals surface area contributed by atoms with Crippen molar-refractivity contribution < 1.29 is 9.90 Å². The van der Waals surface area contributed by atoms with Crippen molar-refractivity contribution in [1.82, 2.24) is 5.32 Å². The number of hydrogen-bond donors (Lipinski definition) is 2. The molecule has 94 valence electrons. The predicted molar refractivity (Wildman–Crippen MR) is 69.1 cm³/mol. The van der Waals surface area contributed by atoms with Gasteiger partial charge in [0.2, 0.25) is 0 Å². The van der Waals surface area contributed by atoms with Crippen molar-refractivity contribution >= 4 is 5.97 Å². The van der Waals surface area contributed by atoms with Crippen molar-refractivity contribution in [2.75, 3.05) is 6.54 Å². The van der Waals surface area contributed by atoms with Gasteiger partial charge in [0.05, 0.1) is 0 Å². The number of rotatable bonds is 6. The van der Waals surface area contributed by atoms with E-state index >= 15 is 0 Å². The summed E-state index contributed by atoms with van der Waals surface area (Å²) < 4.78 is 0. The minimum Gasteiger partial charge on any atom is -0.480 e. The number of aliphatic carboxylic acids is 1. The topological polar surface area (TPSA) is 49.3 Å². The first kappa shape index (κ1) is 13.7. The fourth-order valence-corrected chi connectivity index (χ4v) is 1.81. The molecule has 0 bridgehead atoms. The molecule has 0 aliphatic carbocycles. The highest BCUT2D eigenvalue weighted by Gasteiger charge is 2.21. The van der Waals surface area contributed by atoms with Crippen molar-refractivity contribution in [3.63, 3.8) is 0 Å². The Balaban J connectivity index is 2.52. The van der Waals surface area contributed by atoms with Crippen molar-refractivity contribution in [2.45, 2.75) is 32.7 Å². The molecule has 1 rings (SSSR count). The Labute approximate surface area is 103 Å². The first-order valence-corrected chi connectivity index (χ1v) is 6.03. The van der Waals surface area contributed by atoms with Crippen molar-refractivity contribution in [3.05, 3.63) is 35.9 Å². The molecule has 0 fully saturated rings. The van der Waals surface area contributed by atoms with Gasteiger partial charge in [-0.15, -0.1) is 0 Å². The summed E-state index contributed by atoms with van der Waals surface area (Å²) in [4.78, 5) is 11.0. The second kappa shape index (κ2) is 6.40. The van der Waals surface area contributed by atoms with E-state index in [0.717, 1.165) is 0 Å². The fourth-order valence-electron chi connectivity index (χ4n) is 1.81. The van der Waals surface area contributed by atoms with Crippen molar-refractivity contribution in [1.29, 1.82) is 0 Å². The maximum atomic E-state index is 11.0. The monoisotopic (exact) mass is 235 g/mol. The molecule has 17 heavy (non-hydrogen) atoms. The highest BCUT2D eigenvalue weighted by molar-refractivity contribution is 5.73. The summed E-state index contributed by atoms with van der Waals surface area (Å²) in [6.07, 6.45) is 0. The number of nitrogens with one attached hydrogen (secondary N) is 1. The van der Waals surface area contributed by atoms with Crippen LogP contribution in [0, 0.1) is 5.92 Å². The Morgan fingerprint density at radius 1 is 1.24 bits per heavy atom. The zero-order valence-electron chi connectivity index (χ0n) is 10.7. The Kier molecular flexibility index (Phi) is 5.16. The van der Waals surface area contributed by atoms with Gasteiger partial charge >= 0.3 is 5.97 Å². The molecule has 0 spiro atoms. The molecule has 2 atom stereocenters. The molecule has 1 aromatic rings. The summed E-state index contributed by atoms with van der Waals surface area (Å²) in [6.45, 7) is 6.61. The van der Waals surface area contributed by atoms with E-state index < -0.39 is 12.0 Å². The first-order chi connectivity index (χ1) is 8.02. The third kappa shape index (κ3) is 4.19. The normalized spacial score (nSPS) is 14.6. The summed E-state index contributed by atoms with van der Waals surface area (Å²) in [6, 6.07) is 9.65. The summed E-state index contributed by atoms with van der Waals surface area (Å²) in [5.41, 5.74) is 1.23. The van der Waals surface area contributed by atoms with Gasteiger partial charge in [0.1, 0.15) is 6.04 Å². The number of carboxylic acids is 1. The molecule has 0 saturated heterocycles. The summed E-state index contributed by atoms with van der Waals surface area (Å²) in [5, 5.41) is 12.2. The van der Waals surface area contributed by atoms with Crippen LogP contribution in [0.5, 0.6) is 0 Å². The number of carboxylic acid groups (broad SMARTS) is 1. The molecule has 0 saturated carbocycles. The van der Waals surface area contributed by atoms with Crippen LogP contribution in [0.25, 0.3) is 0 Å². The maximum Gasteiger partial charge on any atom is 0.320 e. The van der Waals surface area contributed by atoms with Gasteiger partial charge in [-0.05, 0) is 17.4 Å². The average molecular weight is 235 g/mol. The van der Waals surface area contributed by atoms with Crippen LogP contribution >= 0.6 is 0 Å². The largest absolute Gasteiger partial charge is 0.480 e. The lowest BCUT2D eigenvalue weighted by Gasteiger charge is -2.20. The molecule has 0 radical (unpaired) electrons. The van der Waals surface area contributed by atoms with E-state index in [4.69, 9.17) is 5.11 Å². The van der Waals surface area contributed by atoms with E-state index in [-0.39, 0.29) is 5.92 Å². The van der Waals surface area contributed by atoms with Gasteiger partial charge in [-0.25, -0.2) is 0 Å². The molecular formula is C14H21NO2. The predicted octanol–water partition coefficient (Wildman–Crippen LogP) is 2.49. The molecule has 0 amide bonds. The van der Waals surface area contributed by atoms with Crippen LogP contribution in [-0.4, -0.2) is 23.7 Å². The fraction of sp³-hybridized carbons (Fsp3) is 0.500. The molecule has 0 aliphatic rings. The highest BCUT2D eigenvalue weighted by atomic mass is 16.4. The summed E-state index contributed by atoms with van der Waals surface area (Å²) >= 11 is 0. The third-order valence-corrected chi connectivity index (χ3v) is 2.95. The molecule has 3 heteroatoms.